The first-order chi connectivity index (χ1) is 16.4. The molecule has 1 fully saturated rings. The van der Waals surface area contributed by atoms with Crippen LogP contribution < -0.4 is 5.32 Å². The predicted octanol–water partition coefficient (Wildman–Crippen LogP) is 1.33. The summed E-state index contributed by atoms with van der Waals surface area (Å²) in [7, 11) is 0. The number of carbonyl (C=O) groups is 2. The fourth-order valence-corrected chi connectivity index (χ4v) is 4.36. The van der Waals surface area contributed by atoms with Gasteiger partial charge in [0.2, 0.25) is 5.96 Å². The van der Waals surface area contributed by atoms with Crippen molar-refractivity contribution in [1.29, 1.82) is 0 Å². The highest BCUT2D eigenvalue weighted by Gasteiger charge is 2.37. The molecule has 1 aromatic carbocycles. The van der Waals surface area contributed by atoms with Gasteiger partial charge < -0.3 is 19.9 Å². The number of carboxylic acids is 1. The second kappa shape index (κ2) is 10.4. The number of morpholine rings is 1. The molecule has 4 rings (SSSR count). The number of nitrogens with zero attached hydrogens (tertiary/aromatic N) is 5. The van der Waals surface area contributed by atoms with Gasteiger partial charge in [0.1, 0.15) is 30.6 Å². The molecule has 13 heteroatoms. The Morgan fingerprint density at radius 2 is 2.24 bits per heavy atom. The van der Waals surface area contributed by atoms with E-state index >= 15 is 0 Å². The minimum atomic E-state index is -1.03. The number of carboxylic acid groups (broad SMARTS) is 1. The molecule has 1 aromatic heterocycles. The summed E-state index contributed by atoms with van der Waals surface area (Å²) in [5.74, 6) is -1.84. The Hall–Kier alpha value is -3.16. The highest BCUT2D eigenvalue weighted by atomic mass is 79.9. The van der Waals surface area contributed by atoms with Crippen LogP contribution >= 0.6 is 15.9 Å². The first-order valence-electron chi connectivity index (χ1n) is 10.5. The van der Waals surface area contributed by atoms with Crippen LogP contribution in [0.1, 0.15) is 18.5 Å². The van der Waals surface area contributed by atoms with Crippen LogP contribution in [0.15, 0.2) is 51.6 Å². The molecule has 2 aromatic rings. The average molecular weight is 537 g/mol. The fraction of sp³-hybridized carbons (Fsp3) is 0.381. The molecule has 11 nitrogen and oxygen atoms in total. The molecule has 3 heterocycles. The zero-order valence-corrected chi connectivity index (χ0v) is 19.7. The normalized spacial score (nSPS) is 21.1. The fourth-order valence-electron chi connectivity index (χ4n) is 3.79. The van der Waals surface area contributed by atoms with Crippen molar-refractivity contribution in [3.05, 3.63) is 58.0 Å². The smallest absolute Gasteiger partial charge is 0.338 e. The van der Waals surface area contributed by atoms with E-state index in [0.29, 0.717) is 28.9 Å². The Morgan fingerprint density at radius 3 is 2.91 bits per heavy atom. The van der Waals surface area contributed by atoms with Gasteiger partial charge in [0, 0.05) is 23.3 Å². The average Bonchev–Trinajstić information content (AvgIpc) is 3.34. The lowest BCUT2D eigenvalue weighted by Gasteiger charge is -2.35. The molecule has 0 spiro atoms. The lowest BCUT2D eigenvalue weighted by molar-refractivity contribution is -0.149. The Morgan fingerprint density at radius 1 is 1.41 bits per heavy atom. The number of ether oxygens (including phenoxy) is 2. The van der Waals surface area contributed by atoms with E-state index in [0.717, 1.165) is 0 Å². The van der Waals surface area contributed by atoms with Crippen LogP contribution in [0, 0.1) is 5.82 Å². The molecule has 2 atom stereocenters. The maximum atomic E-state index is 13.8. The number of aliphatic imine (C=N–C) groups is 1. The van der Waals surface area contributed by atoms with Gasteiger partial charge in [0.25, 0.3) is 0 Å². The number of benzene rings is 1. The van der Waals surface area contributed by atoms with Crippen LogP contribution in [-0.4, -0.2) is 81.6 Å². The lowest BCUT2D eigenvalue weighted by Crippen LogP contribution is -2.52. The van der Waals surface area contributed by atoms with Crippen LogP contribution in [0.4, 0.5) is 4.39 Å². The summed E-state index contributed by atoms with van der Waals surface area (Å²) in [5.41, 5.74) is 1.11. The second-order valence-corrected chi connectivity index (χ2v) is 8.35. The molecule has 0 amide bonds. The van der Waals surface area contributed by atoms with Gasteiger partial charge in [-0.15, -0.1) is 0 Å². The minimum Gasteiger partial charge on any atom is -0.480 e. The summed E-state index contributed by atoms with van der Waals surface area (Å²) in [5, 5.41) is 16.9. The van der Waals surface area contributed by atoms with E-state index in [2.05, 4.69) is 36.3 Å². The number of halogens is 2. The van der Waals surface area contributed by atoms with Crippen molar-refractivity contribution in [2.24, 2.45) is 4.99 Å². The summed E-state index contributed by atoms with van der Waals surface area (Å²) in [4.78, 5) is 35.3. The van der Waals surface area contributed by atoms with Crippen LogP contribution in [0.2, 0.25) is 0 Å². The number of aliphatic carboxylic acids is 1. The molecular formula is C21H22BrFN6O5. The summed E-state index contributed by atoms with van der Waals surface area (Å²) in [6.45, 7) is 2.61. The quantitative estimate of drug-likeness (QED) is 0.524. The number of carbonyl (C=O) groups excluding carboxylic acids is 1. The van der Waals surface area contributed by atoms with Crippen molar-refractivity contribution in [2.45, 2.75) is 19.0 Å². The van der Waals surface area contributed by atoms with E-state index in [9.17, 15) is 19.1 Å². The van der Waals surface area contributed by atoms with E-state index in [-0.39, 0.29) is 31.3 Å². The molecule has 0 saturated carbocycles. The molecule has 180 valence electrons. The predicted molar refractivity (Wildman–Crippen MR) is 120 cm³/mol. The molecular weight excluding hydrogens is 515 g/mol. The van der Waals surface area contributed by atoms with E-state index < -0.39 is 29.8 Å². The number of aromatic nitrogens is 3. The van der Waals surface area contributed by atoms with Gasteiger partial charge in [-0.25, -0.2) is 19.2 Å². The minimum absolute atomic E-state index is 0.0221. The summed E-state index contributed by atoms with van der Waals surface area (Å²) < 4.78 is 26.3. The van der Waals surface area contributed by atoms with Gasteiger partial charge in [0.15, 0.2) is 0 Å². The van der Waals surface area contributed by atoms with Gasteiger partial charge in [0.05, 0.1) is 25.4 Å². The molecule has 2 aliphatic heterocycles. The lowest BCUT2D eigenvalue weighted by atomic mass is 9.95. The number of esters is 1. The van der Waals surface area contributed by atoms with Gasteiger partial charge in [-0.1, -0.05) is 22.0 Å². The summed E-state index contributed by atoms with van der Waals surface area (Å²) in [6, 6.07) is 2.32. The molecule has 2 N–H and O–H groups in total. The third-order valence-electron chi connectivity index (χ3n) is 5.39. The monoisotopic (exact) mass is 536 g/mol. The SMILES string of the molecule is CCOC(=O)C1=C(CN2CCOCC2C(=O)O)NC(n2cncn2)=NC1c1ccc(F)cc1Br. The van der Waals surface area contributed by atoms with Crippen LogP contribution in [0.5, 0.6) is 0 Å². The number of hydrogen-bond acceptors (Lipinski definition) is 9. The Labute approximate surface area is 202 Å². The number of rotatable bonds is 6. The maximum absolute atomic E-state index is 13.8. The topological polar surface area (TPSA) is 131 Å². The number of hydrogen-bond donors (Lipinski definition) is 2. The van der Waals surface area contributed by atoms with Crippen molar-refractivity contribution in [3.8, 4) is 0 Å². The first kappa shape index (κ1) is 24.0. The van der Waals surface area contributed by atoms with Crippen LogP contribution in [0.3, 0.4) is 0 Å². The summed E-state index contributed by atoms with van der Waals surface area (Å²) >= 11 is 3.37. The molecule has 0 bridgehead atoms. The zero-order valence-electron chi connectivity index (χ0n) is 18.1. The third-order valence-corrected chi connectivity index (χ3v) is 6.07. The van der Waals surface area contributed by atoms with Crippen molar-refractivity contribution >= 4 is 33.8 Å². The van der Waals surface area contributed by atoms with Gasteiger partial charge in [-0.05, 0) is 24.6 Å². The van der Waals surface area contributed by atoms with Gasteiger partial charge in [-0.2, -0.15) is 9.78 Å². The summed E-state index contributed by atoms with van der Waals surface area (Å²) in [6.07, 6.45) is 2.77. The highest BCUT2D eigenvalue weighted by Crippen LogP contribution is 2.36. The maximum Gasteiger partial charge on any atom is 0.338 e. The van der Waals surface area contributed by atoms with Crippen molar-refractivity contribution in [1.82, 2.24) is 25.0 Å². The number of nitrogens with one attached hydrogen (secondary N) is 1. The molecule has 2 unspecified atom stereocenters. The van der Waals surface area contributed by atoms with Crippen molar-refractivity contribution in [3.63, 3.8) is 0 Å². The third kappa shape index (κ3) is 5.00. The van der Waals surface area contributed by atoms with Gasteiger partial charge in [-0.3, -0.25) is 9.69 Å². The largest absolute Gasteiger partial charge is 0.480 e. The first-order valence-corrected chi connectivity index (χ1v) is 11.3. The Kier molecular flexibility index (Phi) is 7.34. The standard InChI is InChI=1S/C21H22BrFN6O5/c1-2-34-20(32)17-15(8-28-5-6-33-9-16(28)19(30)31)26-21(29-11-24-10-25-29)27-18(17)13-4-3-12(23)7-14(13)22/h3-4,7,10-11,16,18H,2,5-6,8-9H2,1H3,(H,26,27)(H,30,31). The van der Waals surface area contributed by atoms with Crippen LogP contribution in [-0.2, 0) is 19.1 Å². The van der Waals surface area contributed by atoms with E-state index in [4.69, 9.17) is 9.47 Å². The highest BCUT2D eigenvalue weighted by molar-refractivity contribution is 9.10. The zero-order chi connectivity index (χ0) is 24.2. The second-order valence-electron chi connectivity index (χ2n) is 7.50. The van der Waals surface area contributed by atoms with Gasteiger partial charge >= 0.3 is 11.9 Å². The molecule has 0 aliphatic carbocycles. The Balaban J connectivity index is 1.83. The molecule has 1 saturated heterocycles. The molecule has 2 aliphatic rings. The Bertz CT molecular complexity index is 1140. The van der Waals surface area contributed by atoms with Crippen molar-refractivity contribution < 1.29 is 28.6 Å². The van der Waals surface area contributed by atoms with Crippen LogP contribution in [0.25, 0.3) is 0 Å². The van der Waals surface area contributed by atoms with E-state index in [1.807, 2.05) is 0 Å². The van der Waals surface area contributed by atoms with E-state index in [1.54, 1.807) is 11.8 Å². The van der Waals surface area contributed by atoms with E-state index in [1.165, 1.54) is 35.5 Å². The van der Waals surface area contributed by atoms with Crippen molar-refractivity contribution in [2.75, 3.05) is 32.9 Å². The molecule has 34 heavy (non-hydrogen) atoms. The molecule has 0 radical (unpaired) electrons.